The van der Waals surface area contributed by atoms with Crippen LogP contribution < -0.4 is 0 Å². The number of carbonyl (C=O) groups is 1. The van der Waals surface area contributed by atoms with E-state index in [2.05, 4.69) is 9.97 Å². The first kappa shape index (κ1) is 20.4. The van der Waals surface area contributed by atoms with Gasteiger partial charge in [-0.15, -0.1) is 0 Å². The number of rotatable bonds is 4. The van der Waals surface area contributed by atoms with Crippen LogP contribution in [0.3, 0.4) is 0 Å². The topological polar surface area (TPSA) is 68.0 Å². The van der Waals surface area contributed by atoms with E-state index in [0.29, 0.717) is 17.7 Å². The van der Waals surface area contributed by atoms with E-state index in [1.54, 1.807) is 0 Å². The Balaban J connectivity index is 2.12. The molecule has 3 aromatic rings. The average Bonchev–Trinajstić information content (AvgIpc) is 3.04. The zero-order valence-electron chi connectivity index (χ0n) is 14.3. The molecule has 0 amide bonds. The van der Waals surface area contributed by atoms with Crippen LogP contribution in [-0.2, 0) is 18.9 Å². The minimum atomic E-state index is -4.98. The number of carboxylic acid groups (broad SMARTS) is 1. The molecule has 0 fully saturated rings. The summed E-state index contributed by atoms with van der Waals surface area (Å²) in [7, 11) is 0. The molecule has 0 unspecified atom stereocenters. The minimum absolute atomic E-state index is 0.0107. The molecule has 0 spiro atoms. The number of pyridine rings is 1. The lowest BCUT2D eigenvalue weighted by Crippen LogP contribution is -2.13. The first-order valence-corrected chi connectivity index (χ1v) is 7.94. The van der Waals surface area contributed by atoms with Gasteiger partial charge in [0.05, 0.1) is 23.1 Å². The molecule has 1 N–H and O–H groups in total. The summed E-state index contributed by atoms with van der Waals surface area (Å²) in [5.74, 6) is -1.40. The van der Waals surface area contributed by atoms with Gasteiger partial charge < -0.3 is 9.67 Å². The number of aromatic carboxylic acids is 1. The Morgan fingerprint density at radius 2 is 1.66 bits per heavy atom. The molecule has 0 aliphatic rings. The van der Waals surface area contributed by atoms with E-state index in [9.17, 15) is 36.2 Å². The summed E-state index contributed by atoms with van der Waals surface area (Å²) in [5.41, 5.74) is -3.32. The molecule has 0 bridgehead atoms. The standard InChI is InChI=1S/C18H11F6N3O2/c19-17(20,21)12-4-10(5-13(6-12)18(22,23)24)8-27-9-26-14(16(28)29)15(27)11-2-1-3-25-7-11/h1-7,9H,8H2,(H,28,29). The number of halogens is 6. The third-order valence-corrected chi connectivity index (χ3v) is 3.98. The fourth-order valence-electron chi connectivity index (χ4n) is 2.77. The van der Waals surface area contributed by atoms with Crippen LogP contribution in [0.4, 0.5) is 26.3 Å². The maximum absolute atomic E-state index is 13.1. The number of alkyl halides is 6. The fraction of sp³-hybridized carbons (Fsp3) is 0.167. The molecule has 152 valence electrons. The average molecular weight is 415 g/mol. The summed E-state index contributed by atoms with van der Waals surface area (Å²) in [6.45, 7) is -0.461. The Morgan fingerprint density at radius 3 is 2.14 bits per heavy atom. The van der Waals surface area contributed by atoms with Crippen molar-refractivity contribution in [2.45, 2.75) is 18.9 Å². The highest BCUT2D eigenvalue weighted by atomic mass is 19.4. The smallest absolute Gasteiger partial charge is 0.416 e. The Hall–Kier alpha value is -3.37. The third-order valence-electron chi connectivity index (χ3n) is 3.98. The second-order valence-electron chi connectivity index (χ2n) is 6.03. The Labute approximate surface area is 159 Å². The largest absolute Gasteiger partial charge is 0.476 e. The monoisotopic (exact) mass is 415 g/mol. The molecule has 2 heterocycles. The molecule has 11 heteroatoms. The predicted molar refractivity (Wildman–Crippen MR) is 88.0 cm³/mol. The van der Waals surface area contributed by atoms with Crippen LogP contribution in [0.15, 0.2) is 49.1 Å². The van der Waals surface area contributed by atoms with Gasteiger partial charge in [-0.2, -0.15) is 26.3 Å². The third kappa shape index (κ3) is 4.39. The molecular weight excluding hydrogens is 404 g/mol. The van der Waals surface area contributed by atoms with Crippen LogP contribution in [0.5, 0.6) is 0 Å². The van der Waals surface area contributed by atoms with Crippen molar-refractivity contribution in [3.05, 3.63) is 71.4 Å². The van der Waals surface area contributed by atoms with Crippen LogP contribution in [0.2, 0.25) is 0 Å². The summed E-state index contributed by atoms with van der Waals surface area (Å²) in [4.78, 5) is 19.0. The van der Waals surface area contributed by atoms with Crippen molar-refractivity contribution in [2.75, 3.05) is 0 Å². The van der Waals surface area contributed by atoms with Crippen molar-refractivity contribution in [1.82, 2.24) is 14.5 Å². The summed E-state index contributed by atoms with van der Waals surface area (Å²) < 4.78 is 79.5. The van der Waals surface area contributed by atoms with E-state index in [0.717, 1.165) is 10.9 Å². The van der Waals surface area contributed by atoms with Crippen LogP contribution in [0.1, 0.15) is 27.2 Å². The SMILES string of the molecule is O=C(O)c1ncn(Cc2cc(C(F)(F)F)cc(C(F)(F)F)c2)c1-c1cccnc1. The summed E-state index contributed by atoms with van der Waals surface area (Å²) in [6, 6.07) is 4.21. The Kier molecular flexibility index (Phi) is 5.07. The molecule has 0 radical (unpaired) electrons. The Morgan fingerprint density at radius 1 is 1.03 bits per heavy atom. The van der Waals surface area contributed by atoms with Gasteiger partial charge in [-0.05, 0) is 35.9 Å². The normalized spacial score (nSPS) is 12.2. The van der Waals surface area contributed by atoms with Crippen LogP contribution in [0.25, 0.3) is 11.3 Å². The first-order valence-electron chi connectivity index (χ1n) is 7.94. The molecule has 3 rings (SSSR count). The van der Waals surface area contributed by atoms with E-state index >= 15 is 0 Å². The lowest BCUT2D eigenvalue weighted by Gasteiger charge is -2.15. The van der Waals surface area contributed by atoms with Crippen molar-refractivity contribution in [3.8, 4) is 11.3 Å². The molecule has 2 aromatic heterocycles. The van der Waals surface area contributed by atoms with Crippen molar-refractivity contribution in [3.63, 3.8) is 0 Å². The quantitative estimate of drug-likeness (QED) is 0.626. The highest BCUT2D eigenvalue weighted by Gasteiger charge is 2.37. The van der Waals surface area contributed by atoms with Crippen LogP contribution >= 0.6 is 0 Å². The van der Waals surface area contributed by atoms with E-state index in [1.165, 1.54) is 24.5 Å². The lowest BCUT2D eigenvalue weighted by atomic mass is 10.0. The van der Waals surface area contributed by atoms with Crippen molar-refractivity contribution < 1.29 is 36.2 Å². The van der Waals surface area contributed by atoms with Crippen LogP contribution in [0, 0.1) is 0 Å². The lowest BCUT2D eigenvalue weighted by molar-refractivity contribution is -0.143. The van der Waals surface area contributed by atoms with Gasteiger partial charge in [0.25, 0.3) is 0 Å². The second-order valence-corrected chi connectivity index (χ2v) is 6.03. The number of nitrogens with zero attached hydrogens (tertiary/aromatic N) is 3. The molecule has 0 aliphatic heterocycles. The highest BCUT2D eigenvalue weighted by Crippen LogP contribution is 2.36. The number of aromatic nitrogens is 3. The second kappa shape index (κ2) is 7.22. The molecule has 29 heavy (non-hydrogen) atoms. The number of benzene rings is 1. The molecule has 0 saturated heterocycles. The number of hydrogen-bond acceptors (Lipinski definition) is 3. The first-order chi connectivity index (χ1) is 13.5. The van der Waals surface area contributed by atoms with Gasteiger partial charge in [-0.25, -0.2) is 9.78 Å². The van der Waals surface area contributed by atoms with Crippen molar-refractivity contribution in [1.29, 1.82) is 0 Å². The highest BCUT2D eigenvalue weighted by molar-refractivity contribution is 5.92. The van der Waals surface area contributed by atoms with Gasteiger partial charge in [-0.3, -0.25) is 4.98 Å². The predicted octanol–water partition coefficient (Wildman–Crippen LogP) is 4.73. The molecular formula is C18H11F6N3O2. The van der Waals surface area contributed by atoms with Gasteiger partial charge in [0.1, 0.15) is 0 Å². The van der Waals surface area contributed by atoms with E-state index in [4.69, 9.17) is 0 Å². The summed E-state index contributed by atoms with van der Waals surface area (Å²) in [5, 5.41) is 9.31. The number of imidazole rings is 1. The van der Waals surface area contributed by atoms with Gasteiger partial charge in [0.2, 0.25) is 0 Å². The van der Waals surface area contributed by atoms with E-state index < -0.39 is 41.7 Å². The molecule has 5 nitrogen and oxygen atoms in total. The van der Waals surface area contributed by atoms with Crippen molar-refractivity contribution >= 4 is 5.97 Å². The molecule has 0 aliphatic carbocycles. The summed E-state index contributed by atoms with van der Waals surface area (Å²) in [6.07, 6.45) is -6.19. The molecule has 0 saturated carbocycles. The minimum Gasteiger partial charge on any atom is -0.476 e. The molecule has 0 atom stereocenters. The van der Waals surface area contributed by atoms with Gasteiger partial charge in [0.15, 0.2) is 5.69 Å². The van der Waals surface area contributed by atoms with Crippen molar-refractivity contribution in [2.24, 2.45) is 0 Å². The van der Waals surface area contributed by atoms with E-state index in [1.807, 2.05) is 0 Å². The Bertz CT molecular complexity index is 1010. The number of carboxylic acids is 1. The zero-order chi connectivity index (χ0) is 21.4. The number of hydrogen-bond donors (Lipinski definition) is 1. The van der Waals surface area contributed by atoms with Gasteiger partial charge in [-0.1, -0.05) is 0 Å². The van der Waals surface area contributed by atoms with Gasteiger partial charge >= 0.3 is 18.3 Å². The van der Waals surface area contributed by atoms with Crippen LogP contribution in [-0.4, -0.2) is 25.6 Å². The molecule has 1 aromatic carbocycles. The maximum atomic E-state index is 13.1. The fourth-order valence-corrected chi connectivity index (χ4v) is 2.77. The van der Waals surface area contributed by atoms with E-state index in [-0.39, 0.29) is 17.3 Å². The van der Waals surface area contributed by atoms with Gasteiger partial charge in [0, 0.05) is 24.5 Å². The summed E-state index contributed by atoms with van der Waals surface area (Å²) >= 11 is 0. The maximum Gasteiger partial charge on any atom is 0.416 e. The zero-order valence-corrected chi connectivity index (χ0v) is 14.3.